The standard InChI is InChI=1S/C12H12FNS/c1-7-5-8(2)15-12(7)10-4-3-9(14)6-11(10)13/h3-6H,14H2,1-2H3. The molecule has 0 aliphatic rings. The van der Waals surface area contributed by atoms with Gasteiger partial charge in [-0.25, -0.2) is 4.39 Å². The number of thiophene rings is 1. The summed E-state index contributed by atoms with van der Waals surface area (Å²) in [6.07, 6.45) is 0. The lowest BCUT2D eigenvalue weighted by Crippen LogP contribution is -1.88. The smallest absolute Gasteiger partial charge is 0.133 e. The zero-order valence-electron chi connectivity index (χ0n) is 8.67. The van der Waals surface area contributed by atoms with Crippen LogP contribution >= 0.6 is 11.3 Å². The van der Waals surface area contributed by atoms with Crippen LogP contribution < -0.4 is 5.73 Å². The maximum Gasteiger partial charge on any atom is 0.133 e. The van der Waals surface area contributed by atoms with Gasteiger partial charge in [0.1, 0.15) is 5.82 Å². The van der Waals surface area contributed by atoms with E-state index in [1.807, 2.05) is 13.8 Å². The van der Waals surface area contributed by atoms with Crippen LogP contribution in [-0.4, -0.2) is 0 Å². The summed E-state index contributed by atoms with van der Waals surface area (Å²) >= 11 is 1.61. The van der Waals surface area contributed by atoms with Gasteiger partial charge in [0.2, 0.25) is 0 Å². The van der Waals surface area contributed by atoms with E-state index >= 15 is 0 Å². The van der Waals surface area contributed by atoms with Crippen molar-refractivity contribution in [2.45, 2.75) is 13.8 Å². The Balaban J connectivity index is 2.59. The molecular formula is C12H12FNS. The molecule has 1 aromatic heterocycles. The molecule has 78 valence electrons. The highest BCUT2D eigenvalue weighted by molar-refractivity contribution is 7.15. The zero-order valence-corrected chi connectivity index (χ0v) is 9.49. The normalized spacial score (nSPS) is 10.6. The highest BCUT2D eigenvalue weighted by Crippen LogP contribution is 2.34. The third-order valence-corrected chi connectivity index (χ3v) is 3.46. The van der Waals surface area contributed by atoms with E-state index in [0.29, 0.717) is 11.3 Å². The average molecular weight is 221 g/mol. The second-order valence-corrected chi connectivity index (χ2v) is 4.86. The quantitative estimate of drug-likeness (QED) is 0.729. The van der Waals surface area contributed by atoms with E-state index in [1.165, 1.54) is 10.9 Å². The molecule has 1 aromatic carbocycles. The molecule has 0 spiro atoms. The summed E-state index contributed by atoms with van der Waals surface area (Å²) in [4.78, 5) is 2.18. The largest absolute Gasteiger partial charge is 0.399 e. The molecule has 0 unspecified atom stereocenters. The Morgan fingerprint density at radius 1 is 1.20 bits per heavy atom. The number of anilines is 1. The van der Waals surface area contributed by atoms with Crippen LogP contribution in [0.5, 0.6) is 0 Å². The van der Waals surface area contributed by atoms with E-state index in [1.54, 1.807) is 23.5 Å². The van der Waals surface area contributed by atoms with Crippen molar-refractivity contribution in [2.75, 3.05) is 5.73 Å². The highest BCUT2D eigenvalue weighted by Gasteiger charge is 2.10. The number of halogens is 1. The summed E-state index contributed by atoms with van der Waals surface area (Å²) < 4.78 is 13.7. The maximum absolute atomic E-state index is 13.7. The second-order valence-electron chi connectivity index (χ2n) is 3.61. The van der Waals surface area contributed by atoms with E-state index in [9.17, 15) is 4.39 Å². The monoisotopic (exact) mass is 221 g/mol. The van der Waals surface area contributed by atoms with Gasteiger partial charge in [0.05, 0.1) is 0 Å². The molecule has 0 radical (unpaired) electrons. The molecular weight excluding hydrogens is 209 g/mol. The highest BCUT2D eigenvalue weighted by atomic mass is 32.1. The molecule has 0 atom stereocenters. The number of hydrogen-bond donors (Lipinski definition) is 1. The summed E-state index contributed by atoms with van der Waals surface area (Å²) in [6.45, 7) is 4.02. The Morgan fingerprint density at radius 3 is 2.47 bits per heavy atom. The summed E-state index contributed by atoms with van der Waals surface area (Å²) in [5.74, 6) is -0.250. The Labute approximate surface area is 92.4 Å². The van der Waals surface area contributed by atoms with Crippen LogP contribution in [0.15, 0.2) is 24.3 Å². The predicted molar refractivity (Wildman–Crippen MR) is 63.6 cm³/mol. The summed E-state index contributed by atoms with van der Waals surface area (Å²) in [5.41, 5.74) is 7.72. The molecule has 0 fully saturated rings. The first kappa shape index (κ1) is 10.2. The van der Waals surface area contributed by atoms with E-state index in [4.69, 9.17) is 5.73 Å². The van der Waals surface area contributed by atoms with Crippen LogP contribution in [0.1, 0.15) is 10.4 Å². The van der Waals surface area contributed by atoms with E-state index in [2.05, 4.69) is 6.07 Å². The van der Waals surface area contributed by atoms with Gasteiger partial charge in [-0.05, 0) is 43.7 Å². The molecule has 1 nitrogen and oxygen atoms in total. The van der Waals surface area contributed by atoms with Gasteiger partial charge in [0.15, 0.2) is 0 Å². The average Bonchev–Trinajstić information content (AvgIpc) is 2.45. The number of nitrogen functional groups attached to an aromatic ring is 1. The molecule has 2 N–H and O–H groups in total. The topological polar surface area (TPSA) is 26.0 Å². The van der Waals surface area contributed by atoms with Crippen molar-refractivity contribution >= 4 is 17.0 Å². The van der Waals surface area contributed by atoms with Crippen LogP contribution in [0.2, 0.25) is 0 Å². The fraction of sp³-hybridized carbons (Fsp3) is 0.167. The molecule has 0 aliphatic heterocycles. The van der Waals surface area contributed by atoms with Crippen molar-refractivity contribution in [3.63, 3.8) is 0 Å². The van der Waals surface area contributed by atoms with Crippen molar-refractivity contribution in [3.05, 3.63) is 40.5 Å². The van der Waals surface area contributed by atoms with Gasteiger partial charge in [0, 0.05) is 21.0 Å². The van der Waals surface area contributed by atoms with E-state index in [-0.39, 0.29) is 5.82 Å². The van der Waals surface area contributed by atoms with Gasteiger partial charge < -0.3 is 5.73 Å². The van der Waals surface area contributed by atoms with Crippen molar-refractivity contribution < 1.29 is 4.39 Å². The van der Waals surface area contributed by atoms with Crippen LogP contribution in [0, 0.1) is 19.7 Å². The number of benzene rings is 1. The number of nitrogens with two attached hydrogens (primary N) is 1. The van der Waals surface area contributed by atoms with Gasteiger partial charge in [-0.3, -0.25) is 0 Å². The Hall–Kier alpha value is -1.35. The van der Waals surface area contributed by atoms with Crippen molar-refractivity contribution in [1.82, 2.24) is 0 Å². The molecule has 15 heavy (non-hydrogen) atoms. The Bertz CT molecular complexity index is 502. The molecule has 0 bridgehead atoms. The lowest BCUT2D eigenvalue weighted by molar-refractivity contribution is 0.632. The van der Waals surface area contributed by atoms with Crippen molar-refractivity contribution in [3.8, 4) is 10.4 Å². The van der Waals surface area contributed by atoms with Crippen molar-refractivity contribution in [1.29, 1.82) is 0 Å². The third-order valence-electron chi connectivity index (χ3n) is 2.28. The minimum Gasteiger partial charge on any atom is -0.399 e. The SMILES string of the molecule is Cc1cc(C)c(-c2ccc(N)cc2F)s1. The fourth-order valence-corrected chi connectivity index (χ4v) is 2.68. The molecule has 1 heterocycles. The lowest BCUT2D eigenvalue weighted by atomic mass is 10.1. The molecule has 0 aliphatic carbocycles. The minimum atomic E-state index is -0.250. The predicted octanol–water partition coefficient (Wildman–Crippen LogP) is 3.75. The summed E-state index contributed by atoms with van der Waals surface area (Å²) in [5, 5.41) is 0. The lowest BCUT2D eigenvalue weighted by Gasteiger charge is -2.02. The molecule has 3 heteroatoms. The van der Waals surface area contributed by atoms with Gasteiger partial charge in [-0.15, -0.1) is 11.3 Å². The van der Waals surface area contributed by atoms with Crippen LogP contribution in [-0.2, 0) is 0 Å². The molecule has 2 rings (SSSR count). The first-order chi connectivity index (χ1) is 7.08. The first-order valence-corrected chi connectivity index (χ1v) is 5.52. The molecule has 0 amide bonds. The van der Waals surface area contributed by atoms with Gasteiger partial charge in [-0.1, -0.05) is 0 Å². The van der Waals surface area contributed by atoms with Crippen LogP contribution in [0.3, 0.4) is 0 Å². The third kappa shape index (κ3) is 1.88. The fourth-order valence-electron chi connectivity index (χ4n) is 1.62. The minimum absolute atomic E-state index is 0.250. The maximum atomic E-state index is 13.7. The second kappa shape index (κ2) is 3.66. The molecule has 2 aromatic rings. The Kier molecular flexibility index (Phi) is 2.49. The summed E-state index contributed by atoms with van der Waals surface area (Å²) in [7, 11) is 0. The van der Waals surface area contributed by atoms with Crippen molar-refractivity contribution in [2.24, 2.45) is 0 Å². The van der Waals surface area contributed by atoms with E-state index in [0.717, 1.165) is 10.4 Å². The van der Waals surface area contributed by atoms with Gasteiger partial charge in [0.25, 0.3) is 0 Å². The number of rotatable bonds is 1. The molecule has 0 saturated carbocycles. The van der Waals surface area contributed by atoms with Crippen LogP contribution in [0.25, 0.3) is 10.4 Å². The summed E-state index contributed by atoms with van der Waals surface area (Å²) in [6, 6.07) is 6.90. The first-order valence-electron chi connectivity index (χ1n) is 4.70. The molecule has 0 saturated heterocycles. The van der Waals surface area contributed by atoms with E-state index < -0.39 is 0 Å². The Morgan fingerprint density at radius 2 is 1.93 bits per heavy atom. The van der Waals surface area contributed by atoms with Crippen LogP contribution in [0.4, 0.5) is 10.1 Å². The number of hydrogen-bond acceptors (Lipinski definition) is 2. The zero-order chi connectivity index (χ0) is 11.0. The van der Waals surface area contributed by atoms with Gasteiger partial charge >= 0.3 is 0 Å². The number of aryl methyl sites for hydroxylation is 2. The van der Waals surface area contributed by atoms with Gasteiger partial charge in [-0.2, -0.15) is 0 Å².